The van der Waals surface area contributed by atoms with Crippen LogP contribution < -0.4 is 10.2 Å². The van der Waals surface area contributed by atoms with Crippen molar-refractivity contribution < 1.29 is 36.2 Å². The summed E-state index contributed by atoms with van der Waals surface area (Å²) >= 11 is 0. The van der Waals surface area contributed by atoms with Gasteiger partial charge in [0.05, 0.1) is 17.8 Å². The van der Waals surface area contributed by atoms with Crippen LogP contribution in [0.5, 0.6) is 0 Å². The topological polar surface area (TPSA) is 57.9 Å². The number of fused-ring (bicyclic) bond motifs is 3. The first-order valence-corrected chi connectivity index (χ1v) is 9.42. The van der Waals surface area contributed by atoms with Gasteiger partial charge in [-0.25, -0.2) is 8.78 Å². The maximum Gasteiger partial charge on any atom is 0.416 e. The van der Waals surface area contributed by atoms with Crippen molar-refractivity contribution >= 4 is 16.7 Å². The lowest BCUT2D eigenvalue weighted by molar-refractivity contribution is -0.137. The van der Waals surface area contributed by atoms with Gasteiger partial charge in [-0.05, 0) is 31.0 Å². The first-order chi connectivity index (χ1) is 13.7. The van der Waals surface area contributed by atoms with Crippen molar-refractivity contribution in [3.05, 3.63) is 29.5 Å². The predicted octanol–water partition coefficient (Wildman–Crippen LogP) is 3.91. The highest BCUT2D eigenvalue weighted by atomic mass is 19.4. The normalized spacial score (nSPS) is 22.0. The molecular weight excluding hydrogens is 399 g/mol. The summed E-state index contributed by atoms with van der Waals surface area (Å²) < 4.78 is 80.3. The van der Waals surface area contributed by atoms with Crippen LogP contribution in [0.25, 0.3) is 11.0 Å². The lowest BCUT2D eigenvalue weighted by Gasteiger charge is -2.34. The fourth-order valence-corrected chi connectivity index (χ4v) is 3.99. The molecule has 1 aromatic heterocycles. The van der Waals surface area contributed by atoms with Crippen molar-refractivity contribution in [2.75, 3.05) is 37.7 Å². The van der Waals surface area contributed by atoms with E-state index in [1.807, 2.05) is 0 Å². The van der Waals surface area contributed by atoms with E-state index in [1.54, 1.807) is 0 Å². The molecular formula is C19H21F5N2O3. The molecule has 2 N–H and O–H groups in total. The summed E-state index contributed by atoms with van der Waals surface area (Å²) in [5.74, 6) is -3.99. The summed E-state index contributed by atoms with van der Waals surface area (Å²) in [5, 5.41) is 13.1. The maximum atomic E-state index is 15.0. The van der Waals surface area contributed by atoms with Crippen molar-refractivity contribution in [2.45, 2.75) is 31.2 Å². The molecule has 10 heteroatoms. The van der Waals surface area contributed by atoms with Crippen molar-refractivity contribution in [2.24, 2.45) is 5.92 Å². The minimum Gasteiger partial charge on any atom is -0.455 e. The first kappa shape index (κ1) is 20.4. The van der Waals surface area contributed by atoms with Gasteiger partial charge in [-0.15, -0.1) is 0 Å². The molecule has 2 aliphatic heterocycles. The molecule has 0 aliphatic carbocycles. The predicted molar refractivity (Wildman–Crippen MR) is 94.9 cm³/mol. The molecule has 2 aliphatic rings. The number of aliphatic hydroxyl groups excluding tert-OH is 1. The van der Waals surface area contributed by atoms with Crippen LogP contribution >= 0.6 is 0 Å². The Balaban J connectivity index is 1.75. The van der Waals surface area contributed by atoms with Gasteiger partial charge in [-0.1, -0.05) is 0 Å². The van der Waals surface area contributed by atoms with Crippen molar-refractivity contribution in [1.82, 2.24) is 5.32 Å². The molecule has 29 heavy (non-hydrogen) atoms. The molecule has 0 saturated carbocycles. The lowest BCUT2D eigenvalue weighted by atomic mass is 9.92. The van der Waals surface area contributed by atoms with Gasteiger partial charge in [0.25, 0.3) is 5.92 Å². The largest absolute Gasteiger partial charge is 0.455 e. The van der Waals surface area contributed by atoms with Crippen LogP contribution in [-0.4, -0.2) is 43.9 Å². The monoisotopic (exact) mass is 420 g/mol. The van der Waals surface area contributed by atoms with Gasteiger partial charge in [0.2, 0.25) is 0 Å². The van der Waals surface area contributed by atoms with Gasteiger partial charge in [0, 0.05) is 37.6 Å². The molecule has 0 bridgehead atoms. The molecule has 160 valence electrons. The van der Waals surface area contributed by atoms with E-state index in [1.165, 1.54) is 4.90 Å². The molecule has 3 heterocycles. The molecule has 1 saturated heterocycles. The number of nitrogens with one attached hydrogen (secondary N) is 1. The van der Waals surface area contributed by atoms with Gasteiger partial charge in [-0.3, -0.25) is 5.32 Å². The van der Waals surface area contributed by atoms with E-state index in [-0.39, 0.29) is 61.6 Å². The third-order valence-corrected chi connectivity index (χ3v) is 5.52. The van der Waals surface area contributed by atoms with E-state index in [0.29, 0.717) is 0 Å². The van der Waals surface area contributed by atoms with E-state index < -0.39 is 36.4 Å². The number of halogens is 5. The second-order valence-corrected chi connectivity index (χ2v) is 7.45. The minimum absolute atomic E-state index is 0.0559. The zero-order valence-corrected chi connectivity index (χ0v) is 15.4. The Bertz CT molecular complexity index is 877. The number of anilines is 1. The van der Waals surface area contributed by atoms with Crippen molar-refractivity contribution in [3.63, 3.8) is 0 Å². The fourth-order valence-electron chi connectivity index (χ4n) is 3.99. The van der Waals surface area contributed by atoms with Crippen LogP contribution in [-0.2, 0) is 10.9 Å². The maximum absolute atomic E-state index is 15.0. The van der Waals surface area contributed by atoms with Gasteiger partial charge < -0.3 is 19.2 Å². The van der Waals surface area contributed by atoms with Crippen molar-refractivity contribution in [3.8, 4) is 0 Å². The Labute approximate surface area is 163 Å². The molecule has 1 atom stereocenters. The molecule has 4 rings (SSSR count). The van der Waals surface area contributed by atoms with E-state index in [0.717, 1.165) is 18.2 Å². The molecule has 1 fully saturated rings. The highest BCUT2D eigenvalue weighted by molar-refractivity contribution is 5.94. The number of nitrogens with zero attached hydrogens (tertiary/aromatic N) is 1. The van der Waals surface area contributed by atoms with Crippen LogP contribution in [0.2, 0.25) is 0 Å². The Hall–Kier alpha value is -1.91. The van der Waals surface area contributed by atoms with Gasteiger partial charge in [0.1, 0.15) is 5.58 Å². The molecule has 0 spiro atoms. The average molecular weight is 420 g/mol. The molecule has 5 nitrogen and oxygen atoms in total. The summed E-state index contributed by atoms with van der Waals surface area (Å²) in [5.41, 5.74) is -0.725. The van der Waals surface area contributed by atoms with E-state index in [4.69, 9.17) is 9.15 Å². The molecule has 0 radical (unpaired) electrons. The quantitative estimate of drug-likeness (QED) is 0.738. The number of benzene rings is 1. The number of hydrogen-bond acceptors (Lipinski definition) is 5. The van der Waals surface area contributed by atoms with Crippen LogP contribution in [0.4, 0.5) is 27.6 Å². The summed E-state index contributed by atoms with van der Waals surface area (Å²) in [6.07, 6.45) is -5.44. The summed E-state index contributed by atoms with van der Waals surface area (Å²) in [4.78, 5) is 1.32. The summed E-state index contributed by atoms with van der Waals surface area (Å²) in [7, 11) is 0. The number of hydrogen-bond donors (Lipinski definition) is 2. The van der Waals surface area contributed by atoms with E-state index in [9.17, 15) is 18.3 Å². The zero-order valence-electron chi connectivity index (χ0n) is 15.4. The first-order valence-electron chi connectivity index (χ1n) is 9.42. The SMILES string of the molecule is OC1NCCN(CC(F)(F)C2CCOCC2)c2c1oc1ccc(C(F)(F)F)cc21. The second-order valence-electron chi connectivity index (χ2n) is 7.45. The van der Waals surface area contributed by atoms with Gasteiger partial charge in [0.15, 0.2) is 12.0 Å². The summed E-state index contributed by atoms with van der Waals surface area (Å²) in [6, 6.07) is 2.90. The smallest absolute Gasteiger partial charge is 0.416 e. The number of alkyl halides is 5. The minimum atomic E-state index is -4.59. The number of furan rings is 1. The Kier molecular flexibility index (Phi) is 5.20. The Morgan fingerprint density at radius 1 is 1.14 bits per heavy atom. The molecule has 0 amide bonds. The lowest BCUT2D eigenvalue weighted by Crippen LogP contribution is -2.45. The van der Waals surface area contributed by atoms with E-state index >= 15 is 8.78 Å². The third-order valence-electron chi connectivity index (χ3n) is 5.52. The zero-order chi connectivity index (χ0) is 20.8. The Morgan fingerprint density at radius 2 is 1.86 bits per heavy atom. The van der Waals surface area contributed by atoms with Crippen LogP contribution in [0.3, 0.4) is 0 Å². The summed E-state index contributed by atoms with van der Waals surface area (Å²) in [6.45, 7) is 0.109. The highest BCUT2D eigenvalue weighted by Crippen LogP contribution is 2.43. The second kappa shape index (κ2) is 7.41. The molecule has 2 aromatic rings. The van der Waals surface area contributed by atoms with Crippen LogP contribution in [0.15, 0.2) is 22.6 Å². The van der Waals surface area contributed by atoms with Crippen LogP contribution in [0, 0.1) is 5.92 Å². The highest BCUT2D eigenvalue weighted by Gasteiger charge is 2.43. The number of ether oxygens (including phenoxy) is 1. The van der Waals surface area contributed by atoms with Crippen molar-refractivity contribution in [1.29, 1.82) is 0 Å². The molecule has 1 unspecified atom stereocenters. The third kappa shape index (κ3) is 3.93. The average Bonchev–Trinajstić information content (AvgIpc) is 2.99. The fraction of sp³-hybridized carbons (Fsp3) is 0.579. The Morgan fingerprint density at radius 3 is 2.55 bits per heavy atom. The van der Waals surface area contributed by atoms with Crippen LogP contribution in [0.1, 0.15) is 30.4 Å². The molecule has 1 aromatic carbocycles. The van der Waals surface area contributed by atoms with E-state index in [2.05, 4.69) is 5.32 Å². The standard InChI is InChI=1S/C19H21F5N2O3/c20-18(21,11-3-7-28-8-4-11)10-26-6-5-25-17(27)16-15(26)13-9-12(19(22,23)24)1-2-14(13)29-16/h1-2,9,11,17,25,27H,3-8,10H2. The van der Waals surface area contributed by atoms with Gasteiger partial charge >= 0.3 is 6.18 Å². The van der Waals surface area contributed by atoms with Gasteiger partial charge in [-0.2, -0.15) is 13.2 Å². The number of rotatable bonds is 3. The number of aliphatic hydroxyl groups is 1.